The van der Waals surface area contributed by atoms with Crippen molar-refractivity contribution >= 4 is 5.69 Å². The molecule has 0 saturated heterocycles. The van der Waals surface area contributed by atoms with Gasteiger partial charge in [-0.2, -0.15) is 51.9 Å². The van der Waals surface area contributed by atoms with Crippen LogP contribution in [0.3, 0.4) is 0 Å². The van der Waals surface area contributed by atoms with E-state index >= 15 is 0 Å². The van der Waals surface area contributed by atoms with E-state index in [1.54, 1.807) is 45.8 Å². The van der Waals surface area contributed by atoms with Crippen LogP contribution in [0, 0.1) is 30.0 Å². The van der Waals surface area contributed by atoms with Crippen molar-refractivity contribution in [3.05, 3.63) is 101 Å². The van der Waals surface area contributed by atoms with Gasteiger partial charge in [0, 0.05) is 12.4 Å². The van der Waals surface area contributed by atoms with Gasteiger partial charge in [-0.3, -0.25) is 14.2 Å². The molecule has 0 radical (unpaired) electrons. The first-order valence-electron chi connectivity index (χ1n) is 8.66. The fourth-order valence-electron chi connectivity index (χ4n) is 2.81. The van der Waals surface area contributed by atoms with Crippen LogP contribution in [0.4, 0.5) is 5.69 Å². The Morgan fingerprint density at radius 3 is 2.10 bits per heavy atom. The molecule has 0 bridgehead atoms. The van der Waals surface area contributed by atoms with E-state index in [4.69, 9.17) is 11.8 Å². The molecular weight excluding hydrogens is 543 g/mol. The summed E-state index contributed by atoms with van der Waals surface area (Å²) in [5.41, 5.74) is 4.51. The van der Waals surface area contributed by atoms with Crippen molar-refractivity contribution in [2.45, 2.75) is 12.8 Å². The summed E-state index contributed by atoms with van der Waals surface area (Å²) in [5.74, 6) is 0. The summed E-state index contributed by atoms with van der Waals surface area (Å²) in [5, 5.41) is 18.1. The molecular formula is C22H14N6Pt. The van der Waals surface area contributed by atoms with Crippen molar-refractivity contribution in [2.75, 3.05) is 0 Å². The van der Waals surface area contributed by atoms with E-state index in [1.165, 1.54) is 0 Å². The molecule has 2 aromatic carbocycles. The molecule has 4 rings (SSSR count). The summed E-state index contributed by atoms with van der Waals surface area (Å²) < 4.78 is 3.45. The smallest absolute Gasteiger partial charge is 0.267 e. The third-order valence-electron chi connectivity index (χ3n) is 4.23. The van der Waals surface area contributed by atoms with Crippen molar-refractivity contribution in [2.24, 2.45) is 0 Å². The van der Waals surface area contributed by atoms with Crippen LogP contribution >= 0.6 is 0 Å². The molecule has 0 saturated carbocycles. The van der Waals surface area contributed by atoms with Gasteiger partial charge in [-0.15, -0.1) is 12.1 Å². The molecule has 142 valence electrons. The number of hydrogen-bond donors (Lipinski definition) is 0. The second kappa shape index (κ2) is 9.15. The van der Waals surface area contributed by atoms with Gasteiger partial charge in [0.1, 0.15) is 0 Å². The summed E-state index contributed by atoms with van der Waals surface area (Å²) >= 11 is 0. The van der Waals surface area contributed by atoms with Gasteiger partial charge in [0.15, 0.2) is 0 Å². The van der Waals surface area contributed by atoms with Gasteiger partial charge in [0.25, 0.3) is 0 Å². The second-order valence-corrected chi connectivity index (χ2v) is 6.12. The molecule has 2 heterocycles. The average Bonchev–Trinajstić information content (AvgIpc) is 3.42. The Labute approximate surface area is 183 Å². The van der Waals surface area contributed by atoms with Crippen LogP contribution in [0.1, 0.15) is 17.0 Å². The SMILES string of the molecule is [C-]#[N+]c1cc[c-]c(-n2ccc(CCc3ccn(-c4[c-]ccc(C#N)c4)n3)n2)c1.[Pt+2]. The molecule has 0 aliphatic heterocycles. The number of hydrogen-bond acceptors (Lipinski definition) is 3. The van der Waals surface area contributed by atoms with Gasteiger partial charge < -0.3 is 0 Å². The first-order chi connectivity index (χ1) is 13.7. The summed E-state index contributed by atoms with van der Waals surface area (Å²) in [6, 6.07) is 22.6. The van der Waals surface area contributed by atoms with E-state index in [9.17, 15) is 0 Å². The number of rotatable bonds is 5. The molecule has 0 N–H and O–H groups in total. The van der Waals surface area contributed by atoms with Gasteiger partial charge in [0.05, 0.1) is 29.7 Å². The van der Waals surface area contributed by atoms with Crippen LogP contribution in [0.2, 0.25) is 0 Å². The third-order valence-corrected chi connectivity index (χ3v) is 4.23. The van der Waals surface area contributed by atoms with E-state index in [0.29, 0.717) is 11.3 Å². The second-order valence-electron chi connectivity index (χ2n) is 6.12. The van der Waals surface area contributed by atoms with E-state index in [2.05, 4.69) is 33.2 Å². The van der Waals surface area contributed by atoms with Crippen LogP contribution in [0.15, 0.2) is 60.9 Å². The van der Waals surface area contributed by atoms with E-state index < -0.39 is 0 Å². The first-order valence-corrected chi connectivity index (χ1v) is 8.66. The van der Waals surface area contributed by atoms with Crippen LogP contribution in [-0.4, -0.2) is 19.6 Å². The maximum absolute atomic E-state index is 9.02. The normalized spacial score (nSPS) is 10.0. The van der Waals surface area contributed by atoms with Crippen molar-refractivity contribution in [1.82, 2.24) is 19.6 Å². The van der Waals surface area contributed by atoms with Gasteiger partial charge in [0.2, 0.25) is 0 Å². The average molecular weight is 557 g/mol. The zero-order chi connectivity index (χ0) is 19.3. The van der Waals surface area contributed by atoms with Crippen LogP contribution in [0.5, 0.6) is 0 Å². The van der Waals surface area contributed by atoms with Crippen molar-refractivity contribution in [3.8, 4) is 17.4 Å². The summed E-state index contributed by atoms with van der Waals surface area (Å²) in [6.07, 6.45) is 5.23. The number of aromatic nitrogens is 4. The topological polar surface area (TPSA) is 63.8 Å². The molecule has 0 unspecified atom stereocenters. The van der Waals surface area contributed by atoms with Crippen LogP contribution in [0.25, 0.3) is 16.2 Å². The summed E-state index contributed by atoms with van der Waals surface area (Å²) in [6.45, 7) is 7.11. The molecule has 0 amide bonds. The van der Waals surface area contributed by atoms with Gasteiger partial charge in [-0.05, 0) is 30.7 Å². The molecule has 2 aromatic heterocycles. The fourth-order valence-corrected chi connectivity index (χ4v) is 2.81. The van der Waals surface area contributed by atoms with Crippen molar-refractivity contribution in [1.29, 1.82) is 5.26 Å². The largest absolute Gasteiger partial charge is 2.00 e. The monoisotopic (exact) mass is 557 g/mol. The molecule has 0 aliphatic rings. The van der Waals surface area contributed by atoms with E-state index in [-0.39, 0.29) is 21.1 Å². The number of nitrogens with zero attached hydrogens (tertiary/aromatic N) is 6. The minimum atomic E-state index is 0. The summed E-state index contributed by atoms with van der Waals surface area (Å²) in [7, 11) is 0. The Balaban J connectivity index is 0.00000240. The summed E-state index contributed by atoms with van der Waals surface area (Å²) in [4.78, 5) is 3.44. The zero-order valence-electron chi connectivity index (χ0n) is 15.2. The third kappa shape index (κ3) is 4.69. The van der Waals surface area contributed by atoms with Crippen LogP contribution < -0.4 is 0 Å². The van der Waals surface area contributed by atoms with E-state index in [1.807, 2.05) is 24.5 Å². The van der Waals surface area contributed by atoms with Gasteiger partial charge in [-0.25, -0.2) is 0 Å². The quantitative estimate of drug-likeness (QED) is 0.350. The molecule has 0 fully saturated rings. The minimum absolute atomic E-state index is 0. The molecule has 0 aliphatic carbocycles. The predicted octanol–water partition coefficient (Wildman–Crippen LogP) is 3.86. The van der Waals surface area contributed by atoms with Crippen molar-refractivity contribution in [3.63, 3.8) is 0 Å². The predicted molar refractivity (Wildman–Crippen MR) is 103 cm³/mol. The minimum Gasteiger partial charge on any atom is -0.267 e. The first kappa shape index (κ1) is 20.3. The Morgan fingerprint density at radius 1 is 0.931 bits per heavy atom. The van der Waals surface area contributed by atoms with E-state index in [0.717, 1.165) is 35.6 Å². The molecule has 0 spiro atoms. The molecule has 4 aromatic rings. The van der Waals surface area contributed by atoms with Crippen molar-refractivity contribution < 1.29 is 21.1 Å². The molecule has 7 heteroatoms. The van der Waals surface area contributed by atoms with Gasteiger partial charge >= 0.3 is 21.1 Å². The Kier molecular flexibility index (Phi) is 6.39. The number of benzene rings is 2. The Bertz CT molecular complexity index is 1110. The van der Waals surface area contributed by atoms with Crippen LogP contribution in [-0.2, 0) is 33.9 Å². The zero-order valence-corrected chi connectivity index (χ0v) is 17.5. The Hall–Kier alpha value is -3.47. The maximum Gasteiger partial charge on any atom is 2.00 e. The molecule has 29 heavy (non-hydrogen) atoms. The Morgan fingerprint density at radius 2 is 1.52 bits per heavy atom. The number of aryl methyl sites for hydroxylation is 2. The molecule has 0 atom stereocenters. The molecule has 6 nitrogen and oxygen atoms in total. The van der Waals surface area contributed by atoms with Gasteiger partial charge in [-0.1, -0.05) is 11.3 Å². The fraction of sp³-hybridized carbons (Fsp3) is 0.0909. The number of nitriles is 1. The maximum atomic E-state index is 9.02. The standard InChI is InChI=1S/C22H14N6.Pt/c1-24-20-5-3-7-22(15-20)28-13-11-19(26-28)9-8-18-10-12-27(25-18)21-6-2-4-17(14-21)16-23;/h2-5,10-15H,8-9H2;/q-2;+2.